The molecule has 1 aromatic heterocycles. The Kier molecular flexibility index (Phi) is 4.99. The molecule has 17 heavy (non-hydrogen) atoms. The van der Waals surface area contributed by atoms with Gasteiger partial charge in [-0.05, 0) is 48.9 Å². The van der Waals surface area contributed by atoms with Gasteiger partial charge in [0.15, 0.2) is 0 Å². The van der Waals surface area contributed by atoms with Gasteiger partial charge in [0.25, 0.3) is 0 Å². The van der Waals surface area contributed by atoms with Crippen molar-refractivity contribution in [2.24, 2.45) is 5.92 Å². The van der Waals surface area contributed by atoms with Gasteiger partial charge in [0.2, 0.25) is 0 Å². The summed E-state index contributed by atoms with van der Waals surface area (Å²) in [6.45, 7) is 4.37. The fourth-order valence-electron chi connectivity index (χ4n) is 3.00. The van der Waals surface area contributed by atoms with E-state index in [1.165, 1.54) is 37.7 Å². The zero-order valence-corrected chi connectivity index (χ0v) is 10.9. The van der Waals surface area contributed by atoms with Crippen molar-refractivity contribution in [1.82, 2.24) is 10.3 Å². The smallest absolute Gasteiger partial charge is 0.0270 e. The molecule has 1 fully saturated rings. The Bertz CT molecular complexity index is 304. The van der Waals surface area contributed by atoms with Crippen LogP contribution in [0.5, 0.6) is 0 Å². The standard InChI is InChI=1S/C15H24N2/c1-2-16-12-15(13-6-4-3-5-7-13)14-8-10-17-11-9-14/h8-11,13,15-16H,2-7,12H2,1H3. The van der Waals surface area contributed by atoms with Gasteiger partial charge in [-0.25, -0.2) is 0 Å². The van der Waals surface area contributed by atoms with Crippen LogP contribution in [0.2, 0.25) is 0 Å². The summed E-state index contributed by atoms with van der Waals surface area (Å²) >= 11 is 0. The Balaban J connectivity index is 2.06. The van der Waals surface area contributed by atoms with E-state index in [9.17, 15) is 0 Å². The minimum absolute atomic E-state index is 0.679. The van der Waals surface area contributed by atoms with E-state index >= 15 is 0 Å². The summed E-state index contributed by atoms with van der Waals surface area (Å²) in [4.78, 5) is 4.13. The molecule has 2 nitrogen and oxygen atoms in total. The molecule has 0 saturated heterocycles. The van der Waals surface area contributed by atoms with Crippen LogP contribution in [0.3, 0.4) is 0 Å². The lowest BCUT2D eigenvalue weighted by molar-refractivity contribution is 0.298. The van der Waals surface area contributed by atoms with E-state index < -0.39 is 0 Å². The van der Waals surface area contributed by atoms with Crippen LogP contribution in [-0.4, -0.2) is 18.1 Å². The van der Waals surface area contributed by atoms with Gasteiger partial charge in [-0.15, -0.1) is 0 Å². The average Bonchev–Trinajstić information content (AvgIpc) is 2.42. The molecule has 2 rings (SSSR count). The third kappa shape index (κ3) is 3.53. The molecule has 94 valence electrons. The van der Waals surface area contributed by atoms with Crippen molar-refractivity contribution in [3.8, 4) is 0 Å². The molecule has 1 aromatic rings. The maximum atomic E-state index is 4.13. The van der Waals surface area contributed by atoms with Gasteiger partial charge in [0.05, 0.1) is 0 Å². The molecule has 1 atom stereocenters. The third-order valence-electron chi connectivity index (χ3n) is 3.97. The molecule has 1 unspecified atom stereocenters. The van der Waals surface area contributed by atoms with Crippen LogP contribution >= 0.6 is 0 Å². The van der Waals surface area contributed by atoms with E-state index in [4.69, 9.17) is 0 Å². The second-order valence-electron chi connectivity index (χ2n) is 5.09. The van der Waals surface area contributed by atoms with Gasteiger partial charge in [0.1, 0.15) is 0 Å². The molecule has 0 bridgehead atoms. The average molecular weight is 232 g/mol. The number of rotatable bonds is 5. The summed E-state index contributed by atoms with van der Waals surface area (Å²) < 4.78 is 0. The normalized spacial score (nSPS) is 19.1. The SMILES string of the molecule is CCNCC(c1ccncc1)C1CCCCC1. The first kappa shape index (κ1) is 12.6. The summed E-state index contributed by atoms with van der Waals surface area (Å²) in [5, 5.41) is 3.52. The molecule has 2 heteroatoms. The lowest BCUT2D eigenvalue weighted by atomic mass is 9.77. The Morgan fingerprint density at radius 1 is 1.24 bits per heavy atom. The van der Waals surface area contributed by atoms with Crippen LogP contribution in [0.15, 0.2) is 24.5 Å². The van der Waals surface area contributed by atoms with Gasteiger partial charge in [-0.3, -0.25) is 4.98 Å². The summed E-state index contributed by atoms with van der Waals surface area (Å²) in [5.74, 6) is 1.54. The molecule has 0 amide bonds. The highest BCUT2D eigenvalue weighted by atomic mass is 14.8. The second kappa shape index (κ2) is 6.75. The van der Waals surface area contributed by atoms with Crippen LogP contribution in [0.4, 0.5) is 0 Å². The largest absolute Gasteiger partial charge is 0.316 e. The number of likely N-dealkylation sites (N-methyl/N-ethyl adjacent to an activating group) is 1. The molecule has 1 aliphatic rings. The lowest BCUT2D eigenvalue weighted by Gasteiger charge is -2.30. The molecule has 0 radical (unpaired) electrons. The first-order chi connectivity index (χ1) is 8.42. The van der Waals surface area contributed by atoms with E-state index in [1.54, 1.807) is 0 Å². The Morgan fingerprint density at radius 2 is 1.94 bits per heavy atom. The molecule has 1 heterocycles. The van der Waals surface area contributed by atoms with Crippen molar-refractivity contribution >= 4 is 0 Å². The lowest BCUT2D eigenvalue weighted by Crippen LogP contribution is -2.27. The van der Waals surface area contributed by atoms with Gasteiger partial charge >= 0.3 is 0 Å². The van der Waals surface area contributed by atoms with Crippen molar-refractivity contribution < 1.29 is 0 Å². The molecular formula is C15H24N2. The zero-order valence-electron chi connectivity index (χ0n) is 10.9. The van der Waals surface area contributed by atoms with E-state index in [2.05, 4.69) is 29.4 Å². The zero-order chi connectivity index (χ0) is 11.9. The van der Waals surface area contributed by atoms with E-state index in [-0.39, 0.29) is 0 Å². The highest BCUT2D eigenvalue weighted by Crippen LogP contribution is 2.35. The first-order valence-electron chi connectivity index (χ1n) is 7.02. The van der Waals surface area contributed by atoms with Crippen LogP contribution in [0, 0.1) is 5.92 Å². The molecule has 1 aliphatic carbocycles. The minimum atomic E-state index is 0.679. The van der Waals surface area contributed by atoms with Crippen LogP contribution in [0.25, 0.3) is 0 Å². The van der Waals surface area contributed by atoms with Crippen molar-refractivity contribution in [2.75, 3.05) is 13.1 Å². The van der Waals surface area contributed by atoms with E-state index in [0.717, 1.165) is 19.0 Å². The van der Waals surface area contributed by atoms with Crippen molar-refractivity contribution in [1.29, 1.82) is 0 Å². The highest BCUT2D eigenvalue weighted by Gasteiger charge is 2.24. The summed E-state index contributed by atoms with van der Waals surface area (Å²) in [6.07, 6.45) is 10.9. The Hall–Kier alpha value is -0.890. The fraction of sp³-hybridized carbons (Fsp3) is 0.667. The molecule has 0 aliphatic heterocycles. The molecule has 0 aromatic carbocycles. The first-order valence-corrected chi connectivity index (χ1v) is 7.02. The van der Waals surface area contributed by atoms with Gasteiger partial charge in [0, 0.05) is 18.9 Å². The van der Waals surface area contributed by atoms with Crippen LogP contribution in [0.1, 0.15) is 50.5 Å². The van der Waals surface area contributed by atoms with Gasteiger partial charge in [-0.2, -0.15) is 0 Å². The summed E-state index contributed by atoms with van der Waals surface area (Å²) in [6, 6.07) is 4.38. The predicted octanol–water partition coefficient (Wildman–Crippen LogP) is 3.36. The van der Waals surface area contributed by atoms with Crippen molar-refractivity contribution in [3.63, 3.8) is 0 Å². The summed E-state index contributed by atoms with van der Waals surface area (Å²) in [5.41, 5.74) is 1.47. The molecule has 0 spiro atoms. The number of nitrogens with one attached hydrogen (secondary N) is 1. The monoisotopic (exact) mass is 232 g/mol. The van der Waals surface area contributed by atoms with Crippen molar-refractivity contribution in [3.05, 3.63) is 30.1 Å². The Morgan fingerprint density at radius 3 is 2.59 bits per heavy atom. The third-order valence-corrected chi connectivity index (χ3v) is 3.97. The van der Waals surface area contributed by atoms with Gasteiger partial charge in [-0.1, -0.05) is 26.2 Å². The number of pyridine rings is 1. The van der Waals surface area contributed by atoms with Crippen LogP contribution in [-0.2, 0) is 0 Å². The van der Waals surface area contributed by atoms with Gasteiger partial charge < -0.3 is 5.32 Å². The molecule has 1 saturated carbocycles. The predicted molar refractivity (Wildman–Crippen MR) is 72.1 cm³/mol. The number of hydrogen-bond acceptors (Lipinski definition) is 2. The number of hydrogen-bond donors (Lipinski definition) is 1. The van der Waals surface area contributed by atoms with E-state index in [0.29, 0.717) is 5.92 Å². The fourth-order valence-corrected chi connectivity index (χ4v) is 3.00. The summed E-state index contributed by atoms with van der Waals surface area (Å²) in [7, 11) is 0. The highest BCUT2D eigenvalue weighted by molar-refractivity contribution is 5.17. The second-order valence-corrected chi connectivity index (χ2v) is 5.09. The van der Waals surface area contributed by atoms with E-state index in [1.807, 2.05) is 12.4 Å². The topological polar surface area (TPSA) is 24.9 Å². The maximum Gasteiger partial charge on any atom is 0.0270 e. The number of nitrogens with zero attached hydrogens (tertiary/aromatic N) is 1. The maximum absolute atomic E-state index is 4.13. The van der Waals surface area contributed by atoms with Crippen molar-refractivity contribution in [2.45, 2.75) is 44.9 Å². The number of aromatic nitrogens is 1. The minimum Gasteiger partial charge on any atom is -0.316 e. The van der Waals surface area contributed by atoms with Crippen LogP contribution < -0.4 is 5.32 Å². The Labute approximate surface area is 105 Å². The molecular weight excluding hydrogens is 208 g/mol. The quantitative estimate of drug-likeness (QED) is 0.842. The molecule has 1 N–H and O–H groups in total.